The van der Waals surface area contributed by atoms with Gasteiger partial charge in [-0.15, -0.1) is 0 Å². The van der Waals surface area contributed by atoms with E-state index in [4.69, 9.17) is 14.6 Å². The molecule has 0 aromatic carbocycles. The molecule has 14 heavy (non-hydrogen) atoms. The summed E-state index contributed by atoms with van der Waals surface area (Å²) in [6.07, 6.45) is 3.85. The summed E-state index contributed by atoms with van der Waals surface area (Å²) >= 11 is 0. The molecule has 0 aliphatic carbocycles. The Morgan fingerprint density at radius 1 is 1.36 bits per heavy atom. The highest BCUT2D eigenvalue weighted by Gasteiger charge is 1.94. The first kappa shape index (κ1) is 11.2. The molecule has 0 amide bonds. The van der Waals surface area contributed by atoms with Gasteiger partial charge in [-0.3, -0.25) is 0 Å². The van der Waals surface area contributed by atoms with E-state index in [2.05, 4.69) is 0 Å². The van der Waals surface area contributed by atoms with Crippen LogP contribution in [0, 0.1) is 0 Å². The quantitative estimate of drug-likeness (QED) is 0.655. The summed E-state index contributed by atoms with van der Waals surface area (Å²) in [6.45, 7) is 2.84. The largest absolute Gasteiger partial charge is 0.392 e. The van der Waals surface area contributed by atoms with Crippen molar-refractivity contribution in [2.45, 2.75) is 13.2 Å². The molecule has 0 saturated heterocycles. The van der Waals surface area contributed by atoms with Gasteiger partial charge in [0.05, 0.1) is 26.4 Å². The molecule has 1 N–H and O–H groups in total. The first-order valence-electron chi connectivity index (χ1n) is 4.69. The molecule has 1 aromatic rings. The number of nitrogens with zero attached hydrogens (tertiary/aromatic N) is 1. The minimum Gasteiger partial charge on any atom is -0.392 e. The topological polar surface area (TPSA) is 43.6 Å². The SMILES string of the molecule is COCCOCCn1ccc(CO)c1. The van der Waals surface area contributed by atoms with Gasteiger partial charge in [0, 0.05) is 26.0 Å². The molecule has 80 valence electrons. The van der Waals surface area contributed by atoms with Gasteiger partial charge in [-0.05, 0) is 11.6 Å². The molecule has 1 rings (SSSR count). The van der Waals surface area contributed by atoms with Gasteiger partial charge < -0.3 is 19.1 Å². The van der Waals surface area contributed by atoms with Gasteiger partial charge in [-0.25, -0.2) is 0 Å². The Morgan fingerprint density at radius 3 is 2.86 bits per heavy atom. The van der Waals surface area contributed by atoms with Crippen molar-refractivity contribution in [2.75, 3.05) is 26.9 Å². The summed E-state index contributed by atoms with van der Waals surface area (Å²) < 4.78 is 12.2. The maximum atomic E-state index is 8.83. The van der Waals surface area contributed by atoms with Crippen LogP contribution in [0.4, 0.5) is 0 Å². The molecular formula is C10H17NO3. The van der Waals surface area contributed by atoms with Gasteiger partial charge >= 0.3 is 0 Å². The highest BCUT2D eigenvalue weighted by atomic mass is 16.5. The third-order valence-corrected chi connectivity index (χ3v) is 1.92. The van der Waals surface area contributed by atoms with Crippen LogP contribution in [0.1, 0.15) is 5.56 Å². The second-order valence-electron chi connectivity index (χ2n) is 3.02. The Balaban J connectivity index is 2.12. The summed E-state index contributed by atoms with van der Waals surface area (Å²) in [6, 6.07) is 1.90. The molecule has 0 fully saturated rings. The number of aromatic nitrogens is 1. The van der Waals surface area contributed by atoms with E-state index >= 15 is 0 Å². The third kappa shape index (κ3) is 3.91. The Labute approximate surface area is 84.1 Å². The van der Waals surface area contributed by atoms with Crippen LogP contribution in [0.15, 0.2) is 18.5 Å². The van der Waals surface area contributed by atoms with E-state index in [1.807, 2.05) is 23.0 Å². The molecule has 1 heterocycles. The zero-order chi connectivity index (χ0) is 10.2. The number of aliphatic hydroxyl groups excluding tert-OH is 1. The fourth-order valence-corrected chi connectivity index (χ4v) is 1.14. The van der Waals surface area contributed by atoms with Crippen molar-refractivity contribution in [1.29, 1.82) is 0 Å². The van der Waals surface area contributed by atoms with Crippen molar-refractivity contribution >= 4 is 0 Å². The highest BCUT2D eigenvalue weighted by Crippen LogP contribution is 2.00. The lowest BCUT2D eigenvalue weighted by molar-refractivity contribution is 0.0666. The van der Waals surface area contributed by atoms with Crippen LogP contribution >= 0.6 is 0 Å². The van der Waals surface area contributed by atoms with Crippen molar-refractivity contribution in [3.05, 3.63) is 24.0 Å². The molecule has 4 nitrogen and oxygen atoms in total. The maximum absolute atomic E-state index is 8.83. The van der Waals surface area contributed by atoms with Gasteiger partial charge in [-0.2, -0.15) is 0 Å². The number of aliphatic hydroxyl groups is 1. The molecule has 0 atom stereocenters. The van der Waals surface area contributed by atoms with Crippen molar-refractivity contribution in [1.82, 2.24) is 4.57 Å². The zero-order valence-electron chi connectivity index (χ0n) is 8.48. The van der Waals surface area contributed by atoms with E-state index < -0.39 is 0 Å². The number of methoxy groups -OCH3 is 1. The van der Waals surface area contributed by atoms with Crippen LogP contribution in [-0.4, -0.2) is 36.6 Å². The highest BCUT2D eigenvalue weighted by molar-refractivity contribution is 5.08. The molecule has 1 aromatic heterocycles. The van der Waals surface area contributed by atoms with E-state index in [1.54, 1.807) is 7.11 Å². The van der Waals surface area contributed by atoms with Crippen LogP contribution in [0.3, 0.4) is 0 Å². The van der Waals surface area contributed by atoms with Gasteiger partial charge in [0.2, 0.25) is 0 Å². The third-order valence-electron chi connectivity index (χ3n) is 1.92. The van der Waals surface area contributed by atoms with Crippen LogP contribution < -0.4 is 0 Å². The van der Waals surface area contributed by atoms with Crippen LogP contribution in [-0.2, 0) is 22.6 Å². The van der Waals surface area contributed by atoms with Gasteiger partial charge in [-0.1, -0.05) is 0 Å². The van der Waals surface area contributed by atoms with Gasteiger partial charge in [0.25, 0.3) is 0 Å². The first-order chi connectivity index (χ1) is 6.86. The van der Waals surface area contributed by atoms with Crippen LogP contribution in [0.25, 0.3) is 0 Å². The molecule has 0 radical (unpaired) electrons. The zero-order valence-corrected chi connectivity index (χ0v) is 8.48. The normalized spacial score (nSPS) is 10.7. The number of hydrogen-bond acceptors (Lipinski definition) is 3. The lowest BCUT2D eigenvalue weighted by Crippen LogP contribution is -2.08. The molecule has 0 saturated carbocycles. The predicted octanol–water partition coefficient (Wildman–Crippen LogP) is 0.643. The second kappa shape index (κ2) is 6.59. The van der Waals surface area contributed by atoms with Crippen LogP contribution in [0.2, 0.25) is 0 Å². The summed E-state index contributed by atoms with van der Waals surface area (Å²) in [5.74, 6) is 0. The maximum Gasteiger partial charge on any atom is 0.0701 e. The Bertz CT molecular complexity index is 247. The Morgan fingerprint density at radius 2 is 2.21 bits per heavy atom. The molecule has 0 spiro atoms. The first-order valence-corrected chi connectivity index (χ1v) is 4.69. The van der Waals surface area contributed by atoms with E-state index in [-0.39, 0.29) is 6.61 Å². The molecule has 4 heteroatoms. The lowest BCUT2D eigenvalue weighted by atomic mass is 10.4. The van der Waals surface area contributed by atoms with Crippen LogP contribution in [0.5, 0.6) is 0 Å². The molecule has 0 aliphatic heterocycles. The number of hydrogen-bond donors (Lipinski definition) is 1. The Kier molecular flexibility index (Phi) is 5.29. The van der Waals surface area contributed by atoms with Crippen molar-refractivity contribution in [2.24, 2.45) is 0 Å². The monoisotopic (exact) mass is 199 g/mol. The summed E-state index contributed by atoms with van der Waals surface area (Å²) in [7, 11) is 1.66. The Hall–Kier alpha value is -0.840. The molecule has 0 unspecified atom stereocenters. The van der Waals surface area contributed by atoms with E-state index in [0.29, 0.717) is 19.8 Å². The lowest BCUT2D eigenvalue weighted by Gasteiger charge is -2.04. The minimum absolute atomic E-state index is 0.0948. The predicted molar refractivity (Wildman–Crippen MR) is 53.0 cm³/mol. The molecule has 0 aliphatic rings. The van der Waals surface area contributed by atoms with Crippen molar-refractivity contribution < 1.29 is 14.6 Å². The second-order valence-corrected chi connectivity index (χ2v) is 3.02. The van der Waals surface area contributed by atoms with Gasteiger partial charge in [0.1, 0.15) is 0 Å². The van der Waals surface area contributed by atoms with E-state index in [0.717, 1.165) is 12.1 Å². The van der Waals surface area contributed by atoms with E-state index in [9.17, 15) is 0 Å². The average Bonchev–Trinajstić information content (AvgIpc) is 2.65. The van der Waals surface area contributed by atoms with E-state index in [1.165, 1.54) is 0 Å². The number of rotatable bonds is 7. The number of ether oxygens (including phenoxy) is 2. The summed E-state index contributed by atoms with van der Waals surface area (Å²) in [5.41, 5.74) is 0.932. The van der Waals surface area contributed by atoms with Crippen molar-refractivity contribution in [3.8, 4) is 0 Å². The van der Waals surface area contributed by atoms with Gasteiger partial charge in [0.15, 0.2) is 0 Å². The average molecular weight is 199 g/mol. The molecular weight excluding hydrogens is 182 g/mol. The fourth-order valence-electron chi connectivity index (χ4n) is 1.14. The summed E-state index contributed by atoms with van der Waals surface area (Å²) in [4.78, 5) is 0. The molecule has 0 bridgehead atoms. The fraction of sp³-hybridized carbons (Fsp3) is 0.600. The smallest absolute Gasteiger partial charge is 0.0701 e. The van der Waals surface area contributed by atoms with Crippen molar-refractivity contribution in [3.63, 3.8) is 0 Å². The minimum atomic E-state index is 0.0948. The summed E-state index contributed by atoms with van der Waals surface area (Å²) in [5, 5.41) is 8.83. The standard InChI is InChI=1S/C10H17NO3/c1-13-6-7-14-5-4-11-3-2-10(8-11)9-12/h2-3,8,12H,4-7,9H2,1H3.